The molecule has 0 fully saturated rings. The monoisotopic (exact) mass is 326 g/mol. The molecule has 24 heavy (non-hydrogen) atoms. The molecule has 0 saturated heterocycles. The zero-order chi connectivity index (χ0) is 16.8. The quantitative estimate of drug-likeness (QED) is 0.514. The van der Waals surface area contributed by atoms with Crippen LogP contribution in [0.15, 0.2) is 84.9 Å². The lowest BCUT2D eigenvalue weighted by Crippen LogP contribution is -2.14. The van der Waals surface area contributed by atoms with Crippen LogP contribution in [-0.4, -0.2) is 0 Å². The van der Waals surface area contributed by atoms with Gasteiger partial charge in [-0.1, -0.05) is 78.6 Å². The SMILES string of the molecule is C#Cc1cccc(C#CP(=O)(c2ccccc2)c2ccccc2)c1. The first-order valence-corrected chi connectivity index (χ1v) is 9.24. The summed E-state index contributed by atoms with van der Waals surface area (Å²) in [7, 11) is -3.03. The van der Waals surface area contributed by atoms with E-state index < -0.39 is 7.14 Å². The molecule has 2 heteroatoms. The summed E-state index contributed by atoms with van der Waals surface area (Å²) in [5.74, 6) is 5.64. The summed E-state index contributed by atoms with van der Waals surface area (Å²) in [5.41, 5.74) is 4.56. The minimum absolute atomic E-state index is 0.733. The van der Waals surface area contributed by atoms with Gasteiger partial charge in [0.25, 0.3) is 0 Å². The predicted molar refractivity (Wildman–Crippen MR) is 101 cm³/mol. The fourth-order valence-corrected chi connectivity index (χ4v) is 4.41. The smallest absolute Gasteiger partial charge is 0.211 e. The topological polar surface area (TPSA) is 17.1 Å². The van der Waals surface area contributed by atoms with Crippen LogP contribution in [0.2, 0.25) is 0 Å². The van der Waals surface area contributed by atoms with Crippen molar-refractivity contribution in [2.24, 2.45) is 0 Å². The fourth-order valence-electron chi connectivity index (χ4n) is 2.38. The van der Waals surface area contributed by atoms with Crippen molar-refractivity contribution >= 4 is 17.8 Å². The summed E-state index contributed by atoms with van der Waals surface area (Å²) >= 11 is 0. The van der Waals surface area contributed by atoms with Crippen LogP contribution in [-0.2, 0) is 4.57 Å². The molecule has 0 unspecified atom stereocenters. The first kappa shape index (κ1) is 15.9. The third kappa shape index (κ3) is 3.33. The molecule has 3 aromatic carbocycles. The van der Waals surface area contributed by atoms with Gasteiger partial charge in [-0.15, -0.1) is 6.42 Å². The van der Waals surface area contributed by atoms with E-state index in [2.05, 4.69) is 17.5 Å². The second-order valence-electron chi connectivity index (χ2n) is 5.24. The van der Waals surface area contributed by atoms with Gasteiger partial charge < -0.3 is 0 Å². The van der Waals surface area contributed by atoms with Crippen molar-refractivity contribution in [3.63, 3.8) is 0 Å². The highest BCUT2D eigenvalue weighted by molar-refractivity contribution is 7.83. The van der Waals surface area contributed by atoms with Gasteiger partial charge >= 0.3 is 0 Å². The standard InChI is InChI=1S/C22H15OP/c1-2-19-10-9-11-20(18-19)16-17-24(23,21-12-5-3-6-13-21)22-14-7-4-8-15-22/h1,3-15,18H. The molecule has 0 heterocycles. The minimum atomic E-state index is -3.03. The zero-order valence-electron chi connectivity index (χ0n) is 13.0. The Kier molecular flexibility index (Phi) is 4.67. The van der Waals surface area contributed by atoms with E-state index in [1.54, 1.807) is 0 Å². The summed E-state index contributed by atoms with van der Waals surface area (Å²) in [6, 6.07) is 26.2. The molecule has 0 bridgehead atoms. The maximum atomic E-state index is 13.7. The number of hydrogen-bond acceptors (Lipinski definition) is 1. The van der Waals surface area contributed by atoms with Crippen LogP contribution in [0, 0.1) is 23.9 Å². The van der Waals surface area contributed by atoms with E-state index >= 15 is 0 Å². The van der Waals surface area contributed by atoms with E-state index in [4.69, 9.17) is 6.42 Å². The maximum Gasteiger partial charge on any atom is 0.211 e. The molecular weight excluding hydrogens is 311 g/mol. The molecule has 0 radical (unpaired) electrons. The van der Waals surface area contributed by atoms with Crippen molar-refractivity contribution in [2.45, 2.75) is 0 Å². The Bertz CT molecular complexity index is 943. The largest absolute Gasteiger partial charge is 0.300 e. The molecule has 0 aromatic heterocycles. The van der Waals surface area contributed by atoms with E-state index in [9.17, 15) is 4.57 Å². The summed E-state index contributed by atoms with van der Waals surface area (Å²) in [6.45, 7) is 0. The summed E-state index contributed by atoms with van der Waals surface area (Å²) in [5, 5.41) is 1.47. The lowest BCUT2D eigenvalue weighted by Gasteiger charge is -2.12. The van der Waals surface area contributed by atoms with Gasteiger partial charge in [0, 0.05) is 21.7 Å². The number of rotatable bonds is 2. The van der Waals surface area contributed by atoms with Crippen LogP contribution in [0.4, 0.5) is 0 Å². The van der Waals surface area contributed by atoms with Crippen LogP contribution in [0.5, 0.6) is 0 Å². The van der Waals surface area contributed by atoms with Crippen molar-refractivity contribution in [2.75, 3.05) is 0 Å². The van der Waals surface area contributed by atoms with Crippen LogP contribution in [0.3, 0.4) is 0 Å². The summed E-state index contributed by atoms with van der Waals surface area (Å²) in [6.07, 6.45) is 5.43. The average Bonchev–Trinajstić information content (AvgIpc) is 2.67. The van der Waals surface area contributed by atoms with E-state index in [0.29, 0.717) is 0 Å². The highest BCUT2D eigenvalue weighted by Gasteiger charge is 2.24. The average molecular weight is 326 g/mol. The molecule has 0 spiro atoms. The fraction of sp³-hybridized carbons (Fsp3) is 0. The van der Waals surface area contributed by atoms with Gasteiger partial charge in [-0.05, 0) is 23.9 Å². The molecule has 0 atom stereocenters. The molecule has 0 aliphatic carbocycles. The minimum Gasteiger partial charge on any atom is -0.300 e. The third-order valence-corrected chi connectivity index (χ3v) is 6.10. The Hall–Kier alpha value is -2.99. The molecule has 114 valence electrons. The molecule has 0 saturated carbocycles. The second-order valence-corrected chi connectivity index (χ2v) is 7.72. The molecule has 0 aliphatic rings. The zero-order valence-corrected chi connectivity index (χ0v) is 13.9. The molecule has 3 aromatic rings. The van der Waals surface area contributed by atoms with Crippen molar-refractivity contribution in [3.05, 3.63) is 96.1 Å². The van der Waals surface area contributed by atoms with Gasteiger partial charge in [0.2, 0.25) is 7.14 Å². The van der Waals surface area contributed by atoms with Gasteiger partial charge in [-0.2, -0.15) is 0 Å². The Morgan fingerprint density at radius 1 is 0.708 bits per heavy atom. The number of terminal acetylenes is 1. The Balaban J connectivity index is 2.13. The highest BCUT2D eigenvalue weighted by Crippen LogP contribution is 2.41. The lowest BCUT2D eigenvalue weighted by molar-refractivity contribution is 0.593. The normalized spacial score (nSPS) is 10.3. The van der Waals surface area contributed by atoms with Crippen molar-refractivity contribution in [3.8, 4) is 23.9 Å². The second kappa shape index (κ2) is 7.06. The summed E-state index contributed by atoms with van der Waals surface area (Å²) < 4.78 is 13.7. The highest BCUT2D eigenvalue weighted by atomic mass is 31.2. The van der Waals surface area contributed by atoms with E-state index in [0.717, 1.165) is 21.7 Å². The molecule has 1 nitrogen and oxygen atoms in total. The first-order chi connectivity index (χ1) is 11.7. The van der Waals surface area contributed by atoms with Crippen LogP contribution in [0.25, 0.3) is 0 Å². The summed E-state index contributed by atoms with van der Waals surface area (Å²) in [4.78, 5) is 0. The van der Waals surface area contributed by atoms with Crippen molar-refractivity contribution in [1.29, 1.82) is 0 Å². The molecule has 3 rings (SSSR count). The van der Waals surface area contributed by atoms with Gasteiger partial charge in [0.05, 0.1) is 0 Å². The molecule has 0 aliphatic heterocycles. The third-order valence-electron chi connectivity index (χ3n) is 3.63. The number of benzene rings is 3. The molecule has 0 amide bonds. The van der Waals surface area contributed by atoms with Crippen molar-refractivity contribution in [1.82, 2.24) is 0 Å². The van der Waals surface area contributed by atoms with Gasteiger partial charge in [-0.3, -0.25) is 4.57 Å². The van der Waals surface area contributed by atoms with E-state index in [-0.39, 0.29) is 0 Å². The van der Waals surface area contributed by atoms with Gasteiger partial charge in [-0.25, -0.2) is 0 Å². The Morgan fingerprint density at radius 3 is 1.79 bits per heavy atom. The van der Waals surface area contributed by atoms with E-state index in [1.165, 1.54) is 0 Å². The predicted octanol–water partition coefficient (Wildman–Crippen LogP) is 3.99. The Labute approximate surface area is 142 Å². The first-order valence-electron chi connectivity index (χ1n) is 7.53. The Morgan fingerprint density at radius 2 is 1.25 bits per heavy atom. The molecule has 0 N–H and O–H groups in total. The van der Waals surface area contributed by atoms with Gasteiger partial charge in [0.15, 0.2) is 0 Å². The van der Waals surface area contributed by atoms with Crippen molar-refractivity contribution < 1.29 is 4.57 Å². The van der Waals surface area contributed by atoms with Crippen LogP contribution >= 0.6 is 7.14 Å². The van der Waals surface area contributed by atoms with Crippen LogP contribution in [0.1, 0.15) is 11.1 Å². The molecular formula is C22H15OP. The maximum absolute atomic E-state index is 13.7. The lowest BCUT2D eigenvalue weighted by atomic mass is 10.1. The van der Waals surface area contributed by atoms with Crippen LogP contribution < -0.4 is 10.6 Å². The van der Waals surface area contributed by atoms with E-state index in [1.807, 2.05) is 84.9 Å². The van der Waals surface area contributed by atoms with Gasteiger partial charge in [0.1, 0.15) is 0 Å². The number of hydrogen-bond donors (Lipinski definition) is 0.